The summed E-state index contributed by atoms with van der Waals surface area (Å²) in [5.41, 5.74) is 0.184. The molecule has 2 atom stereocenters. The second-order valence-corrected chi connectivity index (χ2v) is 6.38. The molecule has 0 aliphatic carbocycles. The predicted molar refractivity (Wildman–Crippen MR) is 83.4 cm³/mol. The van der Waals surface area contributed by atoms with E-state index in [1.165, 1.54) is 17.0 Å². The summed E-state index contributed by atoms with van der Waals surface area (Å²) in [7, 11) is 0. The molecular formula is C16H16F5N3O3. The summed E-state index contributed by atoms with van der Waals surface area (Å²) >= 11 is 0. The average Bonchev–Trinajstić information content (AvgIpc) is 3.09. The second-order valence-electron chi connectivity index (χ2n) is 6.38. The molecule has 0 saturated carbocycles. The van der Waals surface area contributed by atoms with Gasteiger partial charge in [-0.2, -0.15) is 0 Å². The molecule has 6 nitrogen and oxygen atoms in total. The van der Waals surface area contributed by atoms with Crippen molar-refractivity contribution in [3.63, 3.8) is 0 Å². The lowest BCUT2D eigenvalue weighted by Gasteiger charge is -2.19. The number of amides is 2. The minimum Gasteiger partial charge on any atom is -0.406 e. The molecule has 2 fully saturated rings. The first-order valence-electron chi connectivity index (χ1n) is 8.13. The summed E-state index contributed by atoms with van der Waals surface area (Å²) in [6, 6.07) is 2.88. The molecule has 2 saturated heterocycles. The lowest BCUT2D eigenvalue weighted by Crippen LogP contribution is -2.48. The summed E-state index contributed by atoms with van der Waals surface area (Å²) in [5, 5.41) is 4.82. The van der Waals surface area contributed by atoms with Gasteiger partial charge in [-0.1, -0.05) is 6.07 Å². The summed E-state index contributed by atoms with van der Waals surface area (Å²) in [4.78, 5) is 25.7. The smallest absolute Gasteiger partial charge is 0.406 e. The minimum atomic E-state index is -4.86. The molecule has 0 bridgehead atoms. The van der Waals surface area contributed by atoms with Crippen LogP contribution >= 0.6 is 0 Å². The Morgan fingerprint density at radius 3 is 2.70 bits per heavy atom. The fourth-order valence-corrected chi connectivity index (χ4v) is 3.09. The molecule has 2 amide bonds. The Morgan fingerprint density at radius 2 is 2.07 bits per heavy atom. The predicted octanol–water partition coefficient (Wildman–Crippen LogP) is 1.80. The van der Waals surface area contributed by atoms with Gasteiger partial charge in [0.15, 0.2) is 0 Å². The van der Waals surface area contributed by atoms with Gasteiger partial charge in [0.2, 0.25) is 11.8 Å². The first kappa shape index (κ1) is 19.3. The van der Waals surface area contributed by atoms with Crippen molar-refractivity contribution in [2.24, 2.45) is 0 Å². The summed E-state index contributed by atoms with van der Waals surface area (Å²) in [6.07, 6.45) is -5.31. The molecule has 3 rings (SSSR count). The Bertz CT molecular complexity index is 740. The topological polar surface area (TPSA) is 70.7 Å². The zero-order valence-electron chi connectivity index (χ0n) is 13.9. The number of rotatable bonds is 4. The number of nitrogens with one attached hydrogen (secondary N) is 2. The van der Waals surface area contributed by atoms with Gasteiger partial charge in [-0.25, -0.2) is 8.78 Å². The molecule has 2 heterocycles. The number of nitrogens with zero attached hydrogens (tertiary/aromatic N) is 1. The molecule has 0 spiro atoms. The number of hydrogen-bond donors (Lipinski definition) is 2. The number of ether oxygens (including phenoxy) is 1. The highest BCUT2D eigenvalue weighted by Crippen LogP contribution is 2.29. The Morgan fingerprint density at radius 1 is 1.33 bits per heavy atom. The first-order valence-corrected chi connectivity index (χ1v) is 8.13. The average molecular weight is 393 g/mol. The molecule has 2 aliphatic rings. The third kappa shape index (κ3) is 4.65. The van der Waals surface area contributed by atoms with Crippen LogP contribution < -0.4 is 20.3 Å². The molecule has 1 aromatic carbocycles. The Balaban J connectivity index is 1.63. The quantitative estimate of drug-likeness (QED) is 0.766. The zero-order valence-corrected chi connectivity index (χ0v) is 13.9. The van der Waals surface area contributed by atoms with Crippen molar-refractivity contribution >= 4 is 17.5 Å². The van der Waals surface area contributed by atoms with Crippen LogP contribution in [0.2, 0.25) is 0 Å². The van der Waals surface area contributed by atoms with Gasteiger partial charge in [0.1, 0.15) is 11.8 Å². The molecular weight excluding hydrogens is 377 g/mol. The maximum atomic E-state index is 13.2. The normalized spacial score (nSPS) is 24.9. The van der Waals surface area contributed by atoms with E-state index in [9.17, 15) is 31.5 Å². The number of carbonyl (C=O) groups excluding carboxylic acids is 2. The first-order chi connectivity index (χ1) is 12.5. The van der Waals surface area contributed by atoms with Crippen molar-refractivity contribution in [3.8, 4) is 5.75 Å². The van der Waals surface area contributed by atoms with E-state index in [0.29, 0.717) is 0 Å². The molecule has 0 radical (unpaired) electrons. The van der Waals surface area contributed by atoms with Crippen LogP contribution in [0.15, 0.2) is 24.3 Å². The molecule has 2 unspecified atom stereocenters. The van der Waals surface area contributed by atoms with Gasteiger partial charge in [-0.15, -0.1) is 13.2 Å². The summed E-state index contributed by atoms with van der Waals surface area (Å²) < 4.78 is 67.2. The summed E-state index contributed by atoms with van der Waals surface area (Å²) in [5.74, 6) is -4.69. The third-order valence-electron chi connectivity index (χ3n) is 4.31. The molecule has 2 aliphatic heterocycles. The SMILES string of the molecule is O=C(NC1CCN(c2cccc(OC(F)(F)F)c2)C1=O)C1CC(F)(F)CN1. The number of alkyl halides is 5. The second kappa shape index (κ2) is 6.95. The fraction of sp³-hybridized carbons (Fsp3) is 0.500. The summed E-state index contributed by atoms with van der Waals surface area (Å²) in [6.45, 7) is -0.449. The molecule has 1 aromatic rings. The highest BCUT2D eigenvalue weighted by atomic mass is 19.4. The van der Waals surface area contributed by atoms with E-state index >= 15 is 0 Å². The van der Waals surface area contributed by atoms with Gasteiger partial charge in [-0.05, 0) is 18.6 Å². The number of anilines is 1. The monoisotopic (exact) mass is 393 g/mol. The third-order valence-corrected chi connectivity index (χ3v) is 4.31. The molecule has 27 heavy (non-hydrogen) atoms. The lowest BCUT2D eigenvalue weighted by molar-refractivity contribution is -0.274. The van der Waals surface area contributed by atoms with Crippen molar-refractivity contribution < 1.29 is 36.3 Å². The Labute approximate surface area is 150 Å². The maximum absolute atomic E-state index is 13.2. The van der Waals surface area contributed by atoms with Gasteiger partial charge >= 0.3 is 6.36 Å². The van der Waals surface area contributed by atoms with E-state index < -0.39 is 54.9 Å². The maximum Gasteiger partial charge on any atom is 0.573 e. The van der Waals surface area contributed by atoms with Crippen LogP contribution in [0.1, 0.15) is 12.8 Å². The van der Waals surface area contributed by atoms with Crippen LogP contribution in [0.3, 0.4) is 0 Å². The molecule has 2 N–H and O–H groups in total. The van der Waals surface area contributed by atoms with Crippen molar-refractivity contribution in [3.05, 3.63) is 24.3 Å². The van der Waals surface area contributed by atoms with E-state index in [1.807, 2.05) is 0 Å². The van der Waals surface area contributed by atoms with E-state index in [-0.39, 0.29) is 18.7 Å². The van der Waals surface area contributed by atoms with Gasteiger partial charge in [0, 0.05) is 24.7 Å². The standard InChI is InChI=1S/C16H16F5N3O3/c17-15(18)7-12(22-8-15)13(25)23-11-4-5-24(14(11)26)9-2-1-3-10(6-9)27-16(19,20)21/h1-3,6,11-12,22H,4-5,7-8H2,(H,23,25). The van der Waals surface area contributed by atoms with Crippen LogP contribution in [-0.2, 0) is 9.59 Å². The number of hydrogen-bond acceptors (Lipinski definition) is 4. The van der Waals surface area contributed by atoms with Gasteiger partial charge in [-0.3, -0.25) is 14.9 Å². The fourth-order valence-electron chi connectivity index (χ4n) is 3.09. The van der Waals surface area contributed by atoms with Crippen molar-refractivity contribution in [2.45, 2.75) is 37.2 Å². The van der Waals surface area contributed by atoms with Crippen molar-refractivity contribution in [1.29, 1.82) is 0 Å². The van der Waals surface area contributed by atoms with Crippen LogP contribution in [0.25, 0.3) is 0 Å². The van der Waals surface area contributed by atoms with E-state index in [2.05, 4.69) is 15.4 Å². The Kier molecular flexibility index (Phi) is 4.98. The minimum absolute atomic E-state index is 0.160. The van der Waals surface area contributed by atoms with Crippen molar-refractivity contribution in [2.75, 3.05) is 18.0 Å². The van der Waals surface area contributed by atoms with E-state index in [4.69, 9.17) is 0 Å². The van der Waals surface area contributed by atoms with E-state index in [0.717, 1.165) is 12.1 Å². The van der Waals surface area contributed by atoms with Gasteiger partial charge < -0.3 is 15.0 Å². The number of benzene rings is 1. The van der Waals surface area contributed by atoms with Gasteiger partial charge in [0.25, 0.3) is 5.92 Å². The number of carbonyl (C=O) groups is 2. The van der Waals surface area contributed by atoms with Crippen LogP contribution in [0.5, 0.6) is 5.75 Å². The Hall–Kier alpha value is -2.43. The van der Waals surface area contributed by atoms with Crippen molar-refractivity contribution in [1.82, 2.24) is 10.6 Å². The van der Waals surface area contributed by atoms with Crippen LogP contribution in [0, 0.1) is 0 Å². The highest BCUT2D eigenvalue weighted by Gasteiger charge is 2.44. The van der Waals surface area contributed by atoms with Crippen LogP contribution in [0.4, 0.5) is 27.6 Å². The molecule has 148 valence electrons. The van der Waals surface area contributed by atoms with Crippen LogP contribution in [-0.4, -0.2) is 49.3 Å². The largest absolute Gasteiger partial charge is 0.573 e. The molecule has 11 heteroatoms. The van der Waals surface area contributed by atoms with Gasteiger partial charge in [0.05, 0.1) is 12.6 Å². The van der Waals surface area contributed by atoms with E-state index in [1.54, 1.807) is 0 Å². The zero-order chi connectivity index (χ0) is 19.8. The highest BCUT2D eigenvalue weighted by molar-refractivity contribution is 6.01. The number of halogens is 5. The lowest BCUT2D eigenvalue weighted by atomic mass is 10.1. The molecule has 0 aromatic heterocycles.